The van der Waals surface area contributed by atoms with Gasteiger partial charge in [0.25, 0.3) is 0 Å². The number of alkyl halides is 6. The summed E-state index contributed by atoms with van der Waals surface area (Å²) in [6, 6.07) is 21.4. The van der Waals surface area contributed by atoms with Gasteiger partial charge in [-0.2, -0.15) is 26.3 Å². The van der Waals surface area contributed by atoms with E-state index in [0.717, 1.165) is 84.7 Å². The zero-order valence-electron chi connectivity index (χ0n) is 38.3. The van der Waals surface area contributed by atoms with Crippen molar-refractivity contribution in [3.8, 4) is 11.5 Å². The fourth-order valence-electron chi connectivity index (χ4n) is 8.96. The minimum Gasteiger partial charge on any atom is -0.493 e. The quantitative estimate of drug-likeness (QED) is 0.133. The van der Waals surface area contributed by atoms with E-state index in [9.17, 15) is 31.1 Å². The Bertz CT molecular complexity index is 2740. The number of benzene rings is 4. The van der Waals surface area contributed by atoms with E-state index >= 15 is 0 Å². The van der Waals surface area contributed by atoms with Crippen LogP contribution >= 0.6 is 23.2 Å². The van der Waals surface area contributed by atoms with E-state index in [0.29, 0.717) is 60.6 Å². The molecule has 6 aromatic rings. The summed E-state index contributed by atoms with van der Waals surface area (Å²) < 4.78 is 91.3. The minimum atomic E-state index is -4.46. The molecule has 4 N–H and O–H groups in total. The van der Waals surface area contributed by atoms with Gasteiger partial charge in [0.15, 0.2) is 11.6 Å². The smallest absolute Gasteiger partial charge is 0.416 e. The molecule has 0 radical (unpaired) electrons. The van der Waals surface area contributed by atoms with Crippen LogP contribution in [-0.2, 0) is 25.4 Å². The number of carbonyl (C=O) groups excluding carboxylic acids is 1. The predicted octanol–water partition coefficient (Wildman–Crippen LogP) is 10.9. The fourth-order valence-corrected chi connectivity index (χ4v) is 9.21. The third-order valence-electron chi connectivity index (χ3n) is 12.7. The number of aryl methyl sites for hydroxylation is 2. The van der Waals surface area contributed by atoms with Crippen molar-refractivity contribution >= 4 is 29.2 Å². The minimum absolute atomic E-state index is 0.151. The molecular formula is C49H52Cl2F6N10O3. The number of halogens is 8. The van der Waals surface area contributed by atoms with Gasteiger partial charge in [0.1, 0.15) is 23.1 Å². The van der Waals surface area contributed by atoms with Crippen LogP contribution in [0.1, 0.15) is 119 Å². The van der Waals surface area contributed by atoms with Crippen molar-refractivity contribution in [1.29, 1.82) is 0 Å². The van der Waals surface area contributed by atoms with Gasteiger partial charge in [-0.3, -0.25) is 0 Å². The summed E-state index contributed by atoms with van der Waals surface area (Å²) in [5.41, 5.74) is 7.71. The highest BCUT2D eigenvalue weighted by molar-refractivity contribution is 6.30. The Morgan fingerprint density at radius 3 is 1.79 bits per heavy atom. The maximum atomic E-state index is 13.4. The first-order valence-electron chi connectivity index (χ1n) is 22.9. The molecule has 0 spiro atoms. The number of hydrogen-bond donors (Lipinski definition) is 3. The molecule has 4 atom stereocenters. The molecule has 0 saturated carbocycles. The molecule has 4 aromatic carbocycles. The Kier molecular flexibility index (Phi) is 15.6. The number of nitrogens with one attached hydrogen (secondary N) is 2. The molecule has 10 rings (SSSR count). The normalized spacial score (nSPS) is 19.7. The van der Waals surface area contributed by atoms with Crippen molar-refractivity contribution in [2.45, 2.75) is 102 Å². The SMILES string of the molecule is Cc1nnc([C@H]2CCCN2)n1Cc1ccc(Cl)cc1.Cc1nnc([C@H]2CCCN2C(=O)N[C@H]2CCOc3cc(C(F)(F)F)ccc32)n1Cc1ccc(Cl)cc1.N[C@H]1CCOc2cc(C(F)(F)F)ccc21. The molecule has 0 unspecified atom stereocenters. The Hall–Kier alpha value is -5.89. The van der Waals surface area contributed by atoms with Crippen LogP contribution in [0.5, 0.6) is 11.5 Å². The highest BCUT2D eigenvalue weighted by atomic mass is 35.5. The van der Waals surface area contributed by atoms with E-state index in [2.05, 4.69) is 35.6 Å². The molecule has 21 heteroatoms. The highest BCUT2D eigenvalue weighted by Crippen LogP contribution is 2.40. The second-order valence-corrected chi connectivity index (χ2v) is 18.4. The van der Waals surface area contributed by atoms with Crippen LogP contribution in [0.2, 0.25) is 10.0 Å². The van der Waals surface area contributed by atoms with Gasteiger partial charge in [0, 0.05) is 46.6 Å². The van der Waals surface area contributed by atoms with Crippen molar-refractivity contribution < 1.29 is 40.6 Å². The zero-order valence-corrected chi connectivity index (χ0v) is 39.8. The van der Waals surface area contributed by atoms with Crippen LogP contribution in [0.15, 0.2) is 84.9 Å². The molecule has 2 aromatic heterocycles. The Morgan fingerprint density at radius 2 is 1.23 bits per heavy atom. The number of nitrogens with zero attached hydrogens (tertiary/aromatic N) is 7. The van der Waals surface area contributed by atoms with Crippen molar-refractivity contribution in [1.82, 2.24) is 45.1 Å². The topological polar surface area (TPSA) is 150 Å². The van der Waals surface area contributed by atoms with Crippen LogP contribution in [0.4, 0.5) is 31.1 Å². The molecule has 2 saturated heterocycles. The Balaban J connectivity index is 0.000000161. The van der Waals surface area contributed by atoms with Gasteiger partial charge in [-0.1, -0.05) is 59.6 Å². The first-order valence-corrected chi connectivity index (χ1v) is 23.7. The molecule has 2 fully saturated rings. The van der Waals surface area contributed by atoms with Gasteiger partial charge in [-0.25, -0.2) is 4.79 Å². The van der Waals surface area contributed by atoms with Gasteiger partial charge in [-0.05, 0) is 106 Å². The summed E-state index contributed by atoms with van der Waals surface area (Å²) >= 11 is 11.9. The van der Waals surface area contributed by atoms with Gasteiger partial charge in [0.2, 0.25) is 0 Å². The lowest BCUT2D eigenvalue weighted by Crippen LogP contribution is -2.43. The number of aromatic nitrogens is 6. The van der Waals surface area contributed by atoms with Gasteiger partial charge >= 0.3 is 18.4 Å². The second kappa shape index (κ2) is 21.6. The fraction of sp³-hybridized carbons (Fsp3) is 0.408. The lowest BCUT2D eigenvalue weighted by atomic mass is 9.98. The highest BCUT2D eigenvalue weighted by Gasteiger charge is 2.37. The molecular weight excluding hydrogens is 961 g/mol. The molecule has 372 valence electrons. The summed E-state index contributed by atoms with van der Waals surface area (Å²) in [5, 5.41) is 25.1. The van der Waals surface area contributed by atoms with Crippen molar-refractivity contribution in [3.63, 3.8) is 0 Å². The third kappa shape index (κ3) is 12.0. The molecule has 4 aliphatic heterocycles. The first-order chi connectivity index (χ1) is 33.4. The third-order valence-corrected chi connectivity index (χ3v) is 13.2. The van der Waals surface area contributed by atoms with Crippen LogP contribution in [0.3, 0.4) is 0 Å². The average molecular weight is 1010 g/mol. The van der Waals surface area contributed by atoms with Gasteiger partial charge < -0.3 is 39.9 Å². The predicted molar refractivity (Wildman–Crippen MR) is 251 cm³/mol. The lowest BCUT2D eigenvalue weighted by molar-refractivity contribution is -0.138. The summed E-state index contributed by atoms with van der Waals surface area (Å²) in [4.78, 5) is 15.1. The molecule has 6 heterocycles. The number of urea groups is 1. The molecule has 13 nitrogen and oxygen atoms in total. The van der Waals surface area contributed by atoms with Crippen molar-refractivity contribution in [3.05, 3.63) is 152 Å². The number of rotatable bonds is 7. The standard InChI is InChI=1S/C25H25ClF3N5O2.C14H17ClN4.C10H10F3NO/c1-15-31-32-23(34(15)14-16-4-7-18(26)8-5-16)21-3-2-11-33(21)24(35)30-20-10-12-36-22-13-17(25(27,28)29)6-9-19(20)22;1-10-17-18-14(13-3-2-8-16-13)19(10)9-11-4-6-12(15)7-5-11;11-10(12,13)6-1-2-7-8(14)3-4-15-9(7)5-6/h4-9,13,20-21H,2-3,10-12,14H2,1H3,(H,30,35);4-7,13,16H,2-3,8-9H2,1H3;1-2,5,8H,3-4,14H2/t20-,21+;13-;8-/m010/s1. The van der Waals surface area contributed by atoms with Crippen molar-refractivity contribution in [2.24, 2.45) is 5.73 Å². The number of amides is 2. The molecule has 2 amide bonds. The lowest BCUT2D eigenvalue weighted by Gasteiger charge is -2.31. The van der Waals surface area contributed by atoms with Crippen molar-refractivity contribution in [2.75, 3.05) is 26.3 Å². The average Bonchev–Trinajstić information content (AvgIpc) is 4.17. The van der Waals surface area contributed by atoms with E-state index < -0.39 is 29.5 Å². The molecule has 0 bridgehead atoms. The summed E-state index contributed by atoms with van der Waals surface area (Å²) in [6.45, 7) is 7.42. The van der Waals surface area contributed by atoms with Gasteiger partial charge in [-0.15, -0.1) is 20.4 Å². The number of likely N-dealkylation sites (tertiary alicyclic amines) is 1. The van der Waals surface area contributed by atoms with E-state index in [4.69, 9.17) is 38.4 Å². The second-order valence-electron chi connectivity index (χ2n) is 17.5. The Labute approximate surface area is 410 Å². The number of fused-ring (bicyclic) bond motifs is 2. The summed E-state index contributed by atoms with van der Waals surface area (Å²) in [5.74, 6) is 3.85. The number of nitrogens with two attached hydrogens (primary N) is 1. The Morgan fingerprint density at radius 1 is 0.700 bits per heavy atom. The summed E-state index contributed by atoms with van der Waals surface area (Å²) in [6.07, 6.45) is -3.80. The number of carbonyl (C=O) groups is 1. The van der Waals surface area contributed by atoms with E-state index in [1.807, 2.05) is 66.9 Å². The van der Waals surface area contributed by atoms with E-state index in [1.54, 1.807) is 4.90 Å². The van der Waals surface area contributed by atoms with Crippen LogP contribution < -0.4 is 25.8 Å². The maximum absolute atomic E-state index is 13.4. The monoisotopic (exact) mass is 1010 g/mol. The molecule has 4 aliphatic rings. The van der Waals surface area contributed by atoms with Crippen LogP contribution in [-0.4, -0.2) is 66.8 Å². The zero-order chi connectivity index (χ0) is 49.7. The van der Waals surface area contributed by atoms with E-state index in [-0.39, 0.29) is 36.2 Å². The molecule has 0 aliphatic carbocycles. The van der Waals surface area contributed by atoms with Crippen LogP contribution in [0.25, 0.3) is 0 Å². The summed E-state index contributed by atoms with van der Waals surface area (Å²) in [7, 11) is 0. The molecule has 70 heavy (non-hydrogen) atoms. The number of hydrogen-bond acceptors (Lipinski definition) is 9. The number of ether oxygens (including phenoxy) is 2. The van der Waals surface area contributed by atoms with Gasteiger partial charge in [0.05, 0.1) is 55.6 Å². The maximum Gasteiger partial charge on any atom is 0.416 e. The largest absolute Gasteiger partial charge is 0.493 e. The first kappa shape index (κ1) is 50.5. The van der Waals surface area contributed by atoms with E-state index in [1.165, 1.54) is 24.1 Å². The van der Waals surface area contributed by atoms with Crippen LogP contribution in [0, 0.1) is 13.8 Å².